The van der Waals surface area contributed by atoms with Crippen LogP contribution < -0.4 is 0 Å². The molecule has 5 nitrogen and oxygen atoms in total. The van der Waals surface area contributed by atoms with Crippen molar-refractivity contribution in [2.24, 2.45) is 0 Å². The Bertz CT molecular complexity index is 665. The molecular formula is C15H24ClN3O2Si. The standard InChI is InChI=1S/C15H24ClN3O2Si/c1-15(2,3)22(4,5)21-7-6-19-13(10-20)18-12-8-11(16)9-17-14(12)19/h8-9,20H,6-7,10H2,1-5H3. The third-order valence-corrected chi connectivity index (χ3v) is 9.10. The highest BCUT2D eigenvalue weighted by Crippen LogP contribution is 2.36. The molecule has 0 spiro atoms. The first-order chi connectivity index (χ1) is 10.2. The molecule has 0 fully saturated rings. The second-order valence-corrected chi connectivity index (χ2v) is 12.2. The highest BCUT2D eigenvalue weighted by Gasteiger charge is 2.36. The quantitative estimate of drug-likeness (QED) is 0.844. The van der Waals surface area contributed by atoms with Gasteiger partial charge in [-0.25, -0.2) is 9.97 Å². The van der Waals surface area contributed by atoms with Gasteiger partial charge in [0.2, 0.25) is 0 Å². The third kappa shape index (κ3) is 3.51. The van der Waals surface area contributed by atoms with Gasteiger partial charge in [0.25, 0.3) is 0 Å². The summed E-state index contributed by atoms with van der Waals surface area (Å²) < 4.78 is 8.10. The van der Waals surface area contributed by atoms with E-state index in [0.717, 1.165) is 5.65 Å². The van der Waals surface area contributed by atoms with Crippen LogP contribution in [0.25, 0.3) is 11.2 Å². The monoisotopic (exact) mass is 341 g/mol. The fraction of sp³-hybridized carbons (Fsp3) is 0.600. The van der Waals surface area contributed by atoms with E-state index < -0.39 is 8.32 Å². The minimum absolute atomic E-state index is 0.131. The molecule has 0 unspecified atom stereocenters. The summed E-state index contributed by atoms with van der Waals surface area (Å²) in [4.78, 5) is 8.70. The summed E-state index contributed by atoms with van der Waals surface area (Å²) in [6, 6.07) is 1.76. The number of halogens is 1. The van der Waals surface area contributed by atoms with Crippen molar-refractivity contribution >= 4 is 31.1 Å². The Hall–Kier alpha value is -0.953. The van der Waals surface area contributed by atoms with E-state index in [9.17, 15) is 5.11 Å². The Kier molecular flexibility index (Phi) is 4.96. The maximum Gasteiger partial charge on any atom is 0.192 e. The number of fused-ring (bicyclic) bond motifs is 1. The van der Waals surface area contributed by atoms with E-state index in [0.29, 0.717) is 29.5 Å². The number of rotatable bonds is 5. The van der Waals surface area contributed by atoms with Gasteiger partial charge < -0.3 is 14.1 Å². The summed E-state index contributed by atoms with van der Waals surface area (Å²) in [5.41, 5.74) is 1.43. The van der Waals surface area contributed by atoms with Crippen LogP contribution in [0.2, 0.25) is 23.2 Å². The van der Waals surface area contributed by atoms with E-state index in [1.807, 2.05) is 4.57 Å². The molecule has 0 aliphatic heterocycles. The first-order valence-corrected chi connectivity index (χ1v) is 10.7. The van der Waals surface area contributed by atoms with Gasteiger partial charge in [0.15, 0.2) is 14.0 Å². The van der Waals surface area contributed by atoms with Crippen LogP contribution in [0.5, 0.6) is 0 Å². The van der Waals surface area contributed by atoms with E-state index in [2.05, 4.69) is 43.8 Å². The molecular weight excluding hydrogens is 318 g/mol. The normalized spacial score (nSPS) is 13.0. The Balaban J connectivity index is 2.18. The topological polar surface area (TPSA) is 60.2 Å². The molecule has 22 heavy (non-hydrogen) atoms. The van der Waals surface area contributed by atoms with Crippen molar-refractivity contribution in [2.75, 3.05) is 6.61 Å². The molecule has 1 N–H and O–H groups in total. The smallest absolute Gasteiger partial charge is 0.192 e. The van der Waals surface area contributed by atoms with Gasteiger partial charge in [-0.15, -0.1) is 0 Å². The lowest BCUT2D eigenvalue weighted by atomic mass is 10.2. The molecule has 2 rings (SSSR count). The van der Waals surface area contributed by atoms with Gasteiger partial charge in [0.1, 0.15) is 17.9 Å². The fourth-order valence-corrected chi connectivity index (χ4v) is 3.18. The average molecular weight is 342 g/mol. The van der Waals surface area contributed by atoms with Gasteiger partial charge in [0, 0.05) is 12.7 Å². The second kappa shape index (κ2) is 6.27. The Morgan fingerprint density at radius 2 is 2.05 bits per heavy atom. The van der Waals surface area contributed by atoms with Crippen molar-refractivity contribution in [3.63, 3.8) is 0 Å². The number of aliphatic hydroxyl groups is 1. The van der Waals surface area contributed by atoms with Crippen LogP contribution in [0, 0.1) is 0 Å². The van der Waals surface area contributed by atoms with Crippen molar-refractivity contribution in [3.8, 4) is 0 Å². The lowest BCUT2D eigenvalue weighted by molar-refractivity contribution is 0.248. The summed E-state index contributed by atoms with van der Waals surface area (Å²) in [5, 5.41) is 10.2. The number of nitrogens with zero attached hydrogens (tertiary/aromatic N) is 3. The summed E-state index contributed by atoms with van der Waals surface area (Å²) in [7, 11) is -1.78. The lowest BCUT2D eigenvalue weighted by Gasteiger charge is -2.36. The van der Waals surface area contributed by atoms with Crippen molar-refractivity contribution in [1.82, 2.24) is 14.5 Å². The van der Waals surface area contributed by atoms with Crippen LogP contribution in [0.3, 0.4) is 0 Å². The summed E-state index contributed by atoms with van der Waals surface area (Å²) in [5.74, 6) is 0.587. The zero-order chi connectivity index (χ0) is 16.5. The number of hydrogen-bond donors (Lipinski definition) is 1. The largest absolute Gasteiger partial charge is 0.415 e. The summed E-state index contributed by atoms with van der Waals surface area (Å²) >= 11 is 5.94. The number of aromatic nitrogens is 3. The SMILES string of the molecule is CC(C)(C)[Si](C)(C)OCCn1c(CO)nc2cc(Cl)cnc21. The number of imidazole rings is 1. The maximum atomic E-state index is 9.50. The molecule has 0 atom stereocenters. The highest BCUT2D eigenvalue weighted by molar-refractivity contribution is 6.74. The Morgan fingerprint density at radius 1 is 1.36 bits per heavy atom. The number of aliphatic hydroxyl groups excluding tert-OH is 1. The van der Waals surface area contributed by atoms with Crippen molar-refractivity contribution in [2.45, 2.75) is 52.1 Å². The maximum absolute atomic E-state index is 9.50. The van der Waals surface area contributed by atoms with Crippen LogP contribution in [-0.4, -0.2) is 34.6 Å². The Morgan fingerprint density at radius 3 is 2.64 bits per heavy atom. The zero-order valence-electron chi connectivity index (χ0n) is 13.9. The first kappa shape index (κ1) is 17.4. The van der Waals surface area contributed by atoms with Crippen molar-refractivity contribution < 1.29 is 9.53 Å². The van der Waals surface area contributed by atoms with Gasteiger partial charge in [-0.2, -0.15) is 0 Å². The molecule has 2 heterocycles. The minimum Gasteiger partial charge on any atom is -0.415 e. The predicted molar refractivity (Wildman–Crippen MR) is 91.6 cm³/mol. The van der Waals surface area contributed by atoms with Crippen LogP contribution in [0.4, 0.5) is 0 Å². The summed E-state index contributed by atoms with van der Waals surface area (Å²) in [6.07, 6.45) is 1.60. The molecule has 0 amide bonds. The van der Waals surface area contributed by atoms with Gasteiger partial charge in [-0.1, -0.05) is 32.4 Å². The molecule has 0 aliphatic rings. The van der Waals surface area contributed by atoms with E-state index in [1.54, 1.807) is 12.3 Å². The summed E-state index contributed by atoms with van der Waals surface area (Å²) in [6.45, 7) is 12.2. The van der Waals surface area contributed by atoms with E-state index in [4.69, 9.17) is 16.0 Å². The van der Waals surface area contributed by atoms with Crippen LogP contribution in [-0.2, 0) is 17.6 Å². The van der Waals surface area contributed by atoms with E-state index in [-0.39, 0.29) is 11.6 Å². The molecule has 0 saturated heterocycles. The van der Waals surface area contributed by atoms with Crippen LogP contribution in [0.1, 0.15) is 26.6 Å². The molecule has 122 valence electrons. The second-order valence-electron chi connectivity index (χ2n) is 6.94. The molecule has 0 saturated carbocycles. The average Bonchev–Trinajstić information content (AvgIpc) is 2.74. The van der Waals surface area contributed by atoms with E-state index >= 15 is 0 Å². The van der Waals surface area contributed by atoms with Gasteiger partial charge in [-0.3, -0.25) is 0 Å². The fourth-order valence-electron chi connectivity index (χ4n) is 2.00. The minimum atomic E-state index is -1.78. The molecule has 7 heteroatoms. The highest BCUT2D eigenvalue weighted by atomic mass is 35.5. The predicted octanol–water partition coefficient (Wildman–Crippen LogP) is 3.60. The molecule has 0 radical (unpaired) electrons. The molecule has 2 aromatic heterocycles. The van der Waals surface area contributed by atoms with Crippen molar-refractivity contribution in [3.05, 3.63) is 23.1 Å². The molecule has 2 aromatic rings. The van der Waals surface area contributed by atoms with E-state index in [1.165, 1.54) is 0 Å². The lowest BCUT2D eigenvalue weighted by Crippen LogP contribution is -2.41. The molecule has 0 aromatic carbocycles. The van der Waals surface area contributed by atoms with Crippen LogP contribution in [0.15, 0.2) is 12.3 Å². The van der Waals surface area contributed by atoms with Gasteiger partial charge >= 0.3 is 0 Å². The Labute approximate surface area is 137 Å². The van der Waals surface area contributed by atoms with Crippen molar-refractivity contribution in [1.29, 1.82) is 0 Å². The first-order valence-electron chi connectivity index (χ1n) is 7.41. The molecule has 0 aliphatic carbocycles. The van der Waals surface area contributed by atoms with Gasteiger partial charge in [0.05, 0.1) is 11.6 Å². The molecule has 0 bridgehead atoms. The third-order valence-electron chi connectivity index (χ3n) is 4.36. The van der Waals surface area contributed by atoms with Crippen LogP contribution >= 0.6 is 11.6 Å². The number of hydrogen-bond acceptors (Lipinski definition) is 4. The zero-order valence-corrected chi connectivity index (χ0v) is 15.6. The number of pyridine rings is 1. The van der Waals surface area contributed by atoms with Gasteiger partial charge in [-0.05, 0) is 24.2 Å².